The fraction of sp³-hybridized carbons (Fsp3) is 0.900. The van der Waals surface area contributed by atoms with Crippen molar-refractivity contribution in [2.24, 2.45) is 28.1 Å². The minimum Gasteiger partial charge on any atom is -0.481 e. The summed E-state index contributed by atoms with van der Waals surface area (Å²) in [6.07, 6.45) is 8.35. The molecule has 4 aliphatic rings. The predicted molar refractivity (Wildman–Crippen MR) is 89.3 cm³/mol. The molecule has 3 aliphatic carbocycles. The molecule has 6 atom stereocenters. The van der Waals surface area contributed by atoms with Gasteiger partial charge in [-0.3, -0.25) is 9.59 Å². The zero-order valence-electron chi connectivity index (χ0n) is 15.2. The lowest BCUT2D eigenvalue weighted by Gasteiger charge is -2.66. The van der Waals surface area contributed by atoms with Crippen molar-refractivity contribution in [3.05, 3.63) is 0 Å². The van der Waals surface area contributed by atoms with Crippen molar-refractivity contribution in [1.82, 2.24) is 0 Å². The van der Waals surface area contributed by atoms with Crippen LogP contribution >= 0.6 is 0 Å². The molecule has 2 bridgehead atoms. The average Bonchev–Trinajstić information content (AvgIpc) is 2.44. The Morgan fingerprint density at radius 2 is 1.79 bits per heavy atom. The lowest BCUT2D eigenvalue weighted by molar-refractivity contribution is -0.230. The molecule has 134 valence electrons. The first kappa shape index (κ1) is 16.4. The number of carboxylic acids is 1. The van der Waals surface area contributed by atoms with E-state index in [1.807, 2.05) is 6.92 Å². The largest absolute Gasteiger partial charge is 0.481 e. The van der Waals surface area contributed by atoms with E-state index in [2.05, 4.69) is 13.8 Å². The molecule has 1 aliphatic heterocycles. The molecule has 0 unspecified atom stereocenters. The standard InChI is InChI=1S/C20H30O4/c1-17-9-5-14-18(2)7-4-8-19(3,16(22)23)13(18)6-10-20(14,12-17)11-15(21)24-17/h13-14H,4-12H2,1-3H3,(H,22,23)/t13-,14-,17-,18+,19+,20-/m0/s1. The van der Waals surface area contributed by atoms with E-state index in [-0.39, 0.29) is 28.3 Å². The van der Waals surface area contributed by atoms with Gasteiger partial charge in [0.2, 0.25) is 0 Å². The summed E-state index contributed by atoms with van der Waals surface area (Å²) in [7, 11) is 0. The van der Waals surface area contributed by atoms with Crippen molar-refractivity contribution in [2.75, 3.05) is 0 Å². The number of fused-ring (bicyclic) bond motifs is 3. The zero-order valence-corrected chi connectivity index (χ0v) is 15.2. The molecule has 1 saturated heterocycles. The molecule has 4 heteroatoms. The molecular weight excluding hydrogens is 304 g/mol. The summed E-state index contributed by atoms with van der Waals surface area (Å²) < 4.78 is 5.70. The van der Waals surface area contributed by atoms with Crippen molar-refractivity contribution in [3.8, 4) is 0 Å². The minimum atomic E-state index is -0.627. The molecule has 4 nitrogen and oxygen atoms in total. The number of carbonyl (C=O) groups excluding carboxylic acids is 1. The van der Waals surface area contributed by atoms with Gasteiger partial charge in [-0.25, -0.2) is 0 Å². The molecule has 1 spiro atoms. The molecule has 1 N–H and O–H groups in total. The third-order valence-corrected chi connectivity index (χ3v) is 8.48. The number of ether oxygens (including phenoxy) is 1. The number of rotatable bonds is 1. The van der Waals surface area contributed by atoms with Crippen LogP contribution in [0.5, 0.6) is 0 Å². The van der Waals surface area contributed by atoms with Gasteiger partial charge in [-0.2, -0.15) is 0 Å². The van der Waals surface area contributed by atoms with Gasteiger partial charge in [-0.1, -0.05) is 13.3 Å². The van der Waals surface area contributed by atoms with E-state index in [0.717, 1.165) is 51.4 Å². The highest BCUT2D eigenvalue weighted by atomic mass is 16.6. The first-order valence-electron chi connectivity index (χ1n) is 9.59. The van der Waals surface area contributed by atoms with Gasteiger partial charge in [0.05, 0.1) is 11.8 Å². The second-order valence-corrected chi connectivity index (χ2v) is 9.90. The topological polar surface area (TPSA) is 63.6 Å². The summed E-state index contributed by atoms with van der Waals surface area (Å²) >= 11 is 0. The molecular formula is C20H30O4. The molecule has 0 amide bonds. The first-order valence-corrected chi connectivity index (χ1v) is 9.59. The molecule has 0 aromatic rings. The van der Waals surface area contributed by atoms with Gasteiger partial charge in [-0.15, -0.1) is 0 Å². The van der Waals surface area contributed by atoms with Gasteiger partial charge >= 0.3 is 11.9 Å². The Labute approximate surface area is 144 Å². The van der Waals surface area contributed by atoms with Gasteiger partial charge in [0.15, 0.2) is 0 Å². The maximum Gasteiger partial charge on any atom is 0.309 e. The van der Waals surface area contributed by atoms with E-state index in [9.17, 15) is 14.7 Å². The summed E-state index contributed by atoms with van der Waals surface area (Å²) in [6.45, 7) is 6.41. The summed E-state index contributed by atoms with van der Waals surface area (Å²) in [6, 6.07) is 0. The third kappa shape index (κ3) is 1.97. The summed E-state index contributed by atoms with van der Waals surface area (Å²) in [5, 5.41) is 9.93. The summed E-state index contributed by atoms with van der Waals surface area (Å²) in [4.78, 5) is 24.4. The highest BCUT2D eigenvalue weighted by molar-refractivity contribution is 5.75. The van der Waals surface area contributed by atoms with Crippen LogP contribution in [0.4, 0.5) is 0 Å². The Bertz CT molecular complexity index is 600. The number of carbonyl (C=O) groups is 2. The highest BCUT2D eigenvalue weighted by Crippen LogP contribution is 2.70. The third-order valence-electron chi connectivity index (χ3n) is 8.48. The van der Waals surface area contributed by atoms with Crippen molar-refractivity contribution < 1.29 is 19.4 Å². The molecule has 3 saturated carbocycles. The predicted octanol–water partition coefficient (Wildman–Crippen LogP) is 4.17. The molecule has 0 radical (unpaired) electrons. The quantitative estimate of drug-likeness (QED) is 0.731. The van der Waals surface area contributed by atoms with Crippen LogP contribution in [0.25, 0.3) is 0 Å². The smallest absolute Gasteiger partial charge is 0.309 e. The van der Waals surface area contributed by atoms with E-state index >= 15 is 0 Å². The number of hydrogen-bond donors (Lipinski definition) is 1. The summed E-state index contributed by atoms with van der Waals surface area (Å²) in [5.41, 5.74) is -0.808. The maximum absolute atomic E-state index is 12.3. The molecule has 1 heterocycles. The number of carboxylic acid groups (broad SMARTS) is 1. The number of esters is 1. The molecule has 4 rings (SSSR count). The number of aliphatic carboxylic acids is 1. The highest BCUT2D eigenvalue weighted by Gasteiger charge is 2.66. The van der Waals surface area contributed by atoms with Crippen molar-refractivity contribution >= 4 is 11.9 Å². The lowest BCUT2D eigenvalue weighted by atomic mass is 9.39. The fourth-order valence-electron chi connectivity index (χ4n) is 7.63. The molecule has 24 heavy (non-hydrogen) atoms. The number of hydrogen-bond acceptors (Lipinski definition) is 3. The van der Waals surface area contributed by atoms with Crippen LogP contribution < -0.4 is 0 Å². The van der Waals surface area contributed by atoms with E-state index in [1.54, 1.807) is 0 Å². The Balaban J connectivity index is 1.75. The van der Waals surface area contributed by atoms with Gasteiger partial charge < -0.3 is 9.84 Å². The van der Waals surface area contributed by atoms with Crippen LogP contribution in [0.1, 0.15) is 78.6 Å². The van der Waals surface area contributed by atoms with Crippen LogP contribution in [0.2, 0.25) is 0 Å². The molecule has 0 aromatic heterocycles. The molecule has 4 fully saturated rings. The Morgan fingerprint density at radius 3 is 2.50 bits per heavy atom. The zero-order chi connectivity index (χ0) is 17.4. The minimum absolute atomic E-state index is 0.0349. The maximum atomic E-state index is 12.3. The normalized spacial score (nSPS) is 53.5. The SMILES string of the molecule is C[C@@]12CC[C@@H]3[C@@](CC[C@H]4[C@@]3(C)CCC[C@@]4(C)C(=O)O)(CC(=O)O1)C2. The van der Waals surface area contributed by atoms with Crippen molar-refractivity contribution in [1.29, 1.82) is 0 Å². The lowest BCUT2D eigenvalue weighted by Crippen LogP contribution is -2.63. The average molecular weight is 334 g/mol. The van der Waals surface area contributed by atoms with Gasteiger partial charge in [0, 0.05) is 0 Å². The summed E-state index contributed by atoms with van der Waals surface area (Å²) in [5.74, 6) is 0.0308. The van der Waals surface area contributed by atoms with Gasteiger partial charge in [0.1, 0.15) is 5.60 Å². The van der Waals surface area contributed by atoms with Crippen LogP contribution in [0.15, 0.2) is 0 Å². The van der Waals surface area contributed by atoms with Crippen molar-refractivity contribution in [3.63, 3.8) is 0 Å². The van der Waals surface area contributed by atoms with E-state index in [4.69, 9.17) is 4.74 Å². The van der Waals surface area contributed by atoms with Crippen LogP contribution in [0, 0.1) is 28.1 Å². The van der Waals surface area contributed by atoms with E-state index < -0.39 is 11.4 Å². The van der Waals surface area contributed by atoms with Gasteiger partial charge in [-0.05, 0) is 81.5 Å². The van der Waals surface area contributed by atoms with Crippen molar-refractivity contribution in [2.45, 2.75) is 84.2 Å². The Morgan fingerprint density at radius 1 is 1.08 bits per heavy atom. The monoisotopic (exact) mass is 334 g/mol. The van der Waals surface area contributed by atoms with Crippen LogP contribution in [-0.4, -0.2) is 22.6 Å². The van der Waals surface area contributed by atoms with Crippen LogP contribution in [-0.2, 0) is 14.3 Å². The fourth-order valence-corrected chi connectivity index (χ4v) is 7.63. The first-order chi connectivity index (χ1) is 11.1. The Hall–Kier alpha value is -1.06. The second-order valence-electron chi connectivity index (χ2n) is 9.90. The molecule has 0 aromatic carbocycles. The van der Waals surface area contributed by atoms with E-state index in [1.165, 1.54) is 0 Å². The second kappa shape index (κ2) is 4.76. The van der Waals surface area contributed by atoms with Gasteiger partial charge in [0.25, 0.3) is 0 Å². The Kier molecular flexibility index (Phi) is 3.26. The van der Waals surface area contributed by atoms with Crippen LogP contribution in [0.3, 0.4) is 0 Å². The van der Waals surface area contributed by atoms with E-state index in [0.29, 0.717) is 12.3 Å².